The number of nitrogens with one attached hydrogen (secondary N) is 1. The van der Waals surface area contributed by atoms with E-state index in [1.165, 1.54) is 11.8 Å². The van der Waals surface area contributed by atoms with Crippen LogP contribution in [-0.2, 0) is 26.9 Å². The summed E-state index contributed by atoms with van der Waals surface area (Å²) in [4.78, 5) is 13.0. The van der Waals surface area contributed by atoms with E-state index in [0.29, 0.717) is 34.7 Å². The predicted molar refractivity (Wildman–Crippen MR) is 123 cm³/mol. The van der Waals surface area contributed by atoms with Gasteiger partial charge in [-0.15, -0.1) is 10.2 Å². The number of benzene rings is 2. The third kappa shape index (κ3) is 5.66. The van der Waals surface area contributed by atoms with Crippen LogP contribution in [0.3, 0.4) is 0 Å². The van der Waals surface area contributed by atoms with E-state index in [2.05, 4.69) is 15.5 Å². The van der Waals surface area contributed by atoms with Crippen molar-refractivity contribution in [3.05, 3.63) is 65.4 Å². The van der Waals surface area contributed by atoms with Crippen LogP contribution in [0.4, 0.5) is 5.69 Å². The Hall–Kier alpha value is -2.36. The van der Waals surface area contributed by atoms with Gasteiger partial charge in [-0.2, -0.15) is 0 Å². The molecule has 0 saturated heterocycles. The average Bonchev–Trinajstić information content (AvgIpc) is 3.14. The molecule has 0 fully saturated rings. The van der Waals surface area contributed by atoms with Gasteiger partial charge in [-0.3, -0.25) is 4.79 Å². The van der Waals surface area contributed by atoms with Gasteiger partial charge in [0.1, 0.15) is 11.6 Å². The summed E-state index contributed by atoms with van der Waals surface area (Å²) in [5.74, 6) is -0.124. The first-order valence-electron chi connectivity index (χ1n) is 9.77. The summed E-state index contributed by atoms with van der Waals surface area (Å²) >= 11 is 7.39. The first-order valence-corrected chi connectivity index (χ1v) is 12.7. The van der Waals surface area contributed by atoms with Crippen LogP contribution in [0, 0.1) is 0 Å². The first kappa shape index (κ1) is 23.3. The molecule has 1 aromatic heterocycles. The van der Waals surface area contributed by atoms with Crippen LogP contribution >= 0.6 is 23.4 Å². The Morgan fingerprint density at radius 1 is 1.10 bits per heavy atom. The monoisotopic (exact) mass is 478 g/mol. The average molecular weight is 479 g/mol. The standard InChI is InChI=1S/C21H23ClN4O3S2/c1-3-18(20(27)23-17-13-9-8-12-16(17)22)30-21-25-24-19(26(21)4-2)14-31(28,29)15-10-6-5-7-11-15/h5-13,18H,3-4,14H2,1-2H3,(H,23,27). The van der Waals surface area contributed by atoms with E-state index >= 15 is 0 Å². The van der Waals surface area contributed by atoms with Crippen LogP contribution in [0.1, 0.15) is 26.1 Å². The minimum absolute atomic E-state index is 0.204. The number of para-hydroxylation sites is 1. The van der Waals surface area contributed by atoms with Crippen LogP contribution in [0.15, 0.2) is 64.6 Å². The topological polar surface area (TPSA) is 93.9 Å². The molecule has 1 heterocycles. The van der Waals surface area contributed by atoms with Crippen molar-refractivity contribution in [2.24, 2.45) is 0 Å². The van der Waals surface area contributed by atoms with Crippen LogP contribution in [0.5, 0.6) is 0 Å². The molecule has 31 heavy (non-hydrogen) atoms. The Labute approximate surface area is 191 Å². The number of carbonyl (C=O) groups excluding carboxylic acids is 1. The Morgan fingerprint density at radius 3 is 2.42 bits per heavy atom. The highest BCUT2D eigenvalue weighted by Crippen LogP contribution is 2.28. The molecule has 1 N–H and O–H groups in total. The van der Waals surface area contributed by atoms with Crippen LogP contribution in [-0.4, -0.2) is 34.3 Å². The summed E-state index contributed by atoms with van der Waals surface area (Å²) in [5, 5.41) is 11.6. The van der Waals surface area contributed by atoms with Gasteiger partial charge in [-0.05, 0) is 37.6 Å². The third-order valence-corrected chi connectivity index (χ3v) is 7.88. The number of anilines is 1. The lowest BCUT2D eigenvalue weighted by Crippen LogP contribution is -2.25. The molecular formula is C21H23ClN4O3S2. The second-order valence-corrected chi connectivity index (χ2v) is 10.3. The summed E-state index contributed by atoms with van der Waals surface area (Å²) in [6.07, 6.45) is 0.551. The fraction of sp³-hybridized carbons (Fsp3) is 0.286. The zero-order valence-electron chi connectivity index (χ0n) is 17.2. The van der Waals surface area contributed by atoms with Crippen molar-refractivity contribution in [1.29, 1.82) is 0 Å². The Balaban J connectivity index is 1.78. The van der Waals surface area contributed by atoms with Crippen molar-refractivity contribution in [2.45, 2.75) is 47.9 Å². The van der Waals surface area contributed by atoms with E-state index < -0.39 is 15.1 Å². The minimum Gasteiger partial charge on any atom is -0.324 e. The van der Waals surface area contributed by atoms with E-state index in [4.69, 9.17) is 11.6 Å². The van der Waals surface area contributed by atoms with Gasteiger partial charge in [0.2, 0.25) is 5.91 Å². The van der Waals surface area contributed by atoms with E-state index in [1.807, 2.05) is 13.8 Å². The Morgan fingerprint density at radius 2 is 1.77 bits per heavy atom. The molecule has 0 aliphatic carbocycles. The number of rotatable bonds is 9. The predicted octanol–water partition coefficient (Wildman–Crippen LogP) is 4.43. The number of aromatic nitrogens is 3. The van der Waals surface area contributed by atoms with Crippen molar-refractivity contribution in [3.63, 3.8) is 0 Å². The number of thioether (sulfide) groups is 1. The molecule has 0 spiro atoms. The van der Waals surface area contributed by atoms with E-state index in [-0.39, 0.29) is 16.6 Å². The van der Waals surface area contributed by atoms with Gasteiger partial charge < -0.3 is 9.88 Å². The molecule has 7 nitrogen and oxygen atoms in total. The smallest absolute Gasteiger partial charge is 0.238 e. The first-order chi connectivity index (χ1) is 14.9. The lowest BCUT2D eigenvalue weighted by atomic mass is 10.2. The van der Waals surface area contributed by atoms with Crippen molar-refractivity contribution < 1.29 is 13.2 Å². The summed E-state index contributed by atoms with van der Waals surface area (Å²) in [5.41, 5.74) is 0.541. The maximum absolute atomic E-state index is 12.8. The molecular weight excluding hydrogens is 456 g/mol. The van der Waals surface area contributed by atoms with Crippen molar-refractivity contribution in [2.75, 3.05) is 5.32 Å². The van der Waals surface area contributed by atoms with Gasteiger partial charge in [-0.25, -0.2) is 8.42 Å². The number of nitrogens with zero attached hydrogens (tertiary/aromatic N) is 3. The zero-order chi connectivity index (χ0) is 22.4. The van der Waals surface area contributed by atoms with Crippen LogP contribution in [0.2, 0.25) is 5.02 Å². The minimum atomic E-state index is -3.55. The molecule has 1 atom stereocenters. The van der Waals surface area contributed by atoms with Gasteiger partial charge >= 0.3 is 0 Å². The molecule has 0 bridgehead atoms. The van der Waals surface area contributed by atoms with Gasteiger partial charge in [0.05, 0.1) is 20.9 Å². The van der Waals surface area contributed by atoms with Gasteiger partial charge in [-0.1, -0.05) is 60.6 Å². The SMILES string of the molecule is CCC(Sc1nnc(CS(=O)(=O)c2ccccc2)n1CC)C(=O)Nc1ccccc1Cl. The van der Waals surface area contributed by atoms with E-state index in [9.17, 15) is 13.2 Å². The summed E-state index contributed by atoms with van der Waals surface area (Å²) in [7, 11) is -3.55. The number of hydrogen-bond acceptors (Lipinski definition) is 6. The van der Waals surface area contributed by atoms with Crippen molar-refractivity contribution >= 4 is 44.8 Å². The number of amides is 1. The quantitative estimate of drug-likeness (QED) is 0.457. The van der Waals surface area contributed by atoms with Gasteiger partial charge in [0.15, 0.2) is 15.0 Å². The van der Waals surface area contributed by atoms with Crippen LogP contribution in [0.25, 0.3) is 0 Å². The highest BCUT2D eigenvalue weighted by atomic mass is 35.5. The molecule has 1 unspecified atom stereocenters. The molecule has 0 aliphatic heterocycles. The van der Waals surface area contributed by atoms with Crippen molar-refractivity contribution in [1.82, 2.24) is 14.8 Å². The van der Waals surface area contributed by atoms with E-state index in [1.54, 1.807) is 59.2 Å². The summed E-state index contributed by atoms with van der Waals surface area (Å²) in [6.45, 7) is 4.27. The fourth-order valence-corrected chi connectivity index (χ4v) is 5.45. The zero-order valence-corrected chi connectivity index (χ0v) is 19.5. The summed E-state index contributed by atoms with van der Waals surface area (Å²) < 4.78 is 27.2. The number of sulfone groups is 1. The number of halogens is 1. The summed E-state index contributed by atoms with van der Waals surface area (Å²) in [6, 6.07) is 15.3. The highest BCUT2D eigenvalue weighted by Gasteiger charge is 2.25. The Bertz CT molecular complexity index is 1150. The van der Waals surface area contributed by atoms with Crippen LogP contribution < -0.4 is 5.32 Å². The lowest BCUT2D eigenvalue weighted by Gasteiger charge is -2.15. The maximum Gasteiger partial charge on any atom is 0.238 e. The second kappa shape index (κ2) is 10.3. The molecule has 0 aliphatic rings. The number of carbonyl (C=O) groups is 1. The van der Waals surface area contributed by atoms with Gasteiger partial charge in [0, 0.05) is 6.54 Å². The van der Waals surface area contributed by atoms with Gasteiger partial charge in [0.25, 0.3) is 0 Å². The second-order valence-electron chi connectivity index (χ2n) is 6.70. The van der Waals surface area contributed by atoms with E-state index in [0.717, 1.165) is 0 Å². The lowest BCUT2D eigenvalue weighted by molar-refractivity contribution is -0.115. The molecule has 2 aromatic carbocycles. The molecule has 164 valence electrons. The third-order valence-electron chi connectivity index (χ3n) is 4.57. The fourth-order valence-electron chi connectivity index (χ4n) is 2.94. The molecule has 0 radical (unpaired) electrons. The normalized spacial score (nSPS) is 12.5. The molecule has 10 heteroatoms. The largest absolute Gasteiger partial charge is 0.324 e. The number of hydrogen-bond donors (Lipinski definition) is 1. The highest BCUT2D eigenvalue weighted by molar-refractivity contribution is 8.00. The molecule has 3 aromatic rings. The van der Waals surface area contributed by atoms with Crippen molar-refractivity contribution in [3.8, 4) is 0 Å². The molecule has 0 saturated carbocycles. The maximum atomic E-state index is 12.8. The molecule has 1 amide bonds. The Kier molecular flexibility index (Phi) is 7.74. The molecule has 3 rings (SSSR count).